The predicted molar refractivity (Wildman–Crippen MR) is 82.6 cm³/mol. The first kappa shape index (κ1) is 17.2. The maximum atomic E-state index is 11.8. The second kappa shape index (κ2) is 8.42. The van der Waals surface area contributed by atoms with Gasteiger partial charge in [0.25, 0.3) is 0 Å². The van der Waals surface area contributed by atoms with E-state index in [-0.39, 0.29) is 23.8 Å². The van der Waals surface area contributed by atoms with Crippen molar-refractivity contribution in [2.45, 2.75) is 32.6 Å². The highest BCUT2D eigenvalue weighted by molar-refractivity contribution is 7.91. The van der Waals surface area contributed by atoms with Crippen molar-refractivity contribution in [2.24, 2.45) is 0 Å². The minimum atomic E-state index is -3.06. The Morgan fingerprint density at radius 3 is 2.57 bits per heavy atom. The molecule has 0 saturated heterocycles. The van der Waals surface area contributed by atoms with Crippen molar-refractivity contribution in [3.63, 3.8) is 0 Å². The fourth-order valence-electron chi connectivity index (χ4n) is 1.82. The smallest absolute Gasteiger partial charge is 0.224 e. The lowest BCUT2D eigenvalue weighted by molar-refractivity contribution is -0.116. The number of carbonyl (C=O) groups is 1. The Hall–Kier alpha value is -1.87. The number of hydrogen-bond acceptors (Lipinski definition) is 4. The first-order valence-corrected chi connectivity index (χ1v) is 8.80. The van der Waals surface area contributed by atoms with Crippen molar-refractivity contribution in [1.82, 2.24) is 0 Å². The molecule has 114 valence electrons. The molecule has 1 aromatic carbocycles. The molecule has 5 nitrogen and oxygen atoms in total. The Morgan fingerprint density at radius 1 is 1.24 bits per heavy atom. The van der Waals surface area contributed by atoms with E-state index < -0.39 is 9.84 Å². The van der Waals surface area contributed by atoms with Gasteiger partial charge < -0.3 is 5.32 Å². The van der Waals surface area contributed by atoms with E-state index in [2.05, 4.69) is 5.32 Å². The molecule has 0 atom stereocenters. The summed E-state index contributed by atoms with van der Waals surface area (Å²) in [5.74, 6) is -0.0636. The average molecular weight is 308 g/mol. The van der Waals surface area contributed by atoms with Gasteiger partial charge in [-0.1, -0.05) is 25.5 Å². The van der Waals surface area contributed by atoms with E-state index in [0.717, 1.165) is 6.42 Å². The fourth-order valence-corrected chi connectivity index (χ4v) is 3.34. The van der Waals surface area contributed by atoms with Crippen molar-refractivity contribution >= 4 is 21.4 Å². The molecule has 0 radical (unpaired) electrons. The number of hydrogen-bond donors (Lipinski definition) is 1. The normalized spacial score (nSPS) is 10.9. The fraction of sp³-hybridized carbons (Fsp3) is 0.467. The summed E-state index contributed by atoms with van der Waals surface area (Å²) in [6, 6.07) is 8.70. The highest BCUT2D eigenvalue weighted by atomic mass is 32.2. The highest BCUT2D eigenvalue weighted by Gasteiger charge is 2.12. The number of unbranched alkanes of at least 4 members (excludes halogenated alkanes) is 1. The number of rotatable bonds is 8. The molecule has 0 aliphatic heterocycles. The summed E-state index contributed by atoms with van der Waals surface area (Å²) in [6.07, 6.45) is 1.92. The molecular weight excluding hydrogens is 288 g/mol. The molecule has 1 N–H and O–H groups in total. The Labute approximate surface area is 125 Å². The largest absolute Gasteiger partial charge is 0.325 e. The van der Waals surface area contributed by atoms with Gasteiger partial charge >= 0.3 is 0 Å². The second-order valence-electron chi connectivity index (χ2n) is 4.81. The SMILES string of the molecule is CCCCS(=O)(=O)CCCC(=O)Nc1ccccc1C#N. The molecule has 0 aliphatic rings. The first-order chi connectivity index (χ1) is 9.98. The zero-order valence-electron chi connectivity index (χ0n) is 12.1. The van der Waals surface area contributed by atoms with Crippen LogP contribution in [0, 0.1) is 11.3 Å². The molecule has 0 aliphatic carbocycles. The van der Waals surface area contributed by atoms with Crippen molar-refractivity contribution in [1.29, 1.82) is 5.26 Å². The van der Waals surface area contributed by atoms with Gasteiger partial charge in [-0.2, -0.15) is 5.26 Å². The van der Waals surface area contributed by atoms with Gasteiger partial charge in [-0.15, -0.1) is 0 Å². The lowest BCUT2D eigenvalue weighted by Gasteiger charge is -2.07. The molecule has 0 spiro atoms. The first-order valence-electron chi connectivity index (χ1n) is 6.98. The summed E-state index contributed by atoms with van der Waals surface area (Å²) in [5, 5.41) is 11.6. The Morgan fingerprint density at radius 2 is 1.90 bits per heavy atom. The Kier molecular flexibility index (Phi) is 6.89. The quantitative estimate of drug-likeness (QED) is 0.799. The minimum absolute atomic E-state index is 0.0281. The molecule has 0 saturated carbocycles. The number of anilines is 1. The second-order valence-corrected chi connectivity index (χ2v) is 7.12. The maximum absolute atomic E-state index is 11.8. The Bertz CT molecular complexity index is 618. The minimum Gasteiger partial charge on any atom is -0.325 e. The van der Waals surface area contributed by atoms with Crippen LogP contribution in [0.25, 0.3) is 0 Å². The van der Waals surface area contributed by atoms with Crippen molar-refractivity contribution < 1.29 is 13.2 Å². The summed E-state index contributed by atoms with van der Waals surface area (Å²) in [5.41, 5.74) is 0.847. The summed E-state index contributed by atoms with van der Waals surface area (Å²) in [7, 11) is -3.06. The topological polar surface area (TPSA) is 87.0 Å². The third-order valence-electron chi connectivity index (χ3n) is 2.99. The lowest BCUT2D eigenvalue weighted by Crippen LogP contribution is -2.16. The van der Waals surface area contributed by atoms with Crippen LogP contribution in [-0.4, -0.2) is 25.8 Å². The van der Waals surface area contributed by atoms with E-state index in [1.165, 1.54) is 0 Å². The number of nitrogens with zero attached hydrogens (tertiary/aromatic N) is 1. The van der Waals surface area contributed by atoms with Gasteiger partial charge in [0, 0.05) is 6.42 Å². The van der Waals surface area contributed by atoms with Crippen LogP contribution in [0.5, 0.6) is 0 Å². The molecule has 0 heterocycles. The van der Waals surface area contributed by atoms with E-state index in [1.807, 2.05) is 13.0 Å². The number of benzene rings is 1. The number of nitrogens with one attached hydrogen (secondary N) is 1. The molecule has 0 fully saturated rings. The van der Waals surface area contributed by atoms with Gasteiger partial charge in [0.2, 0.25) is 5.91 Å². The van der Waals surface area contributed by atoms with Crippen molar-refractivity contribution in [3.8, 4) is 6.07 Å². The number of amides is 1. The van der Waals surface area contributed by atoms with Crippen LogP contribution in [0.15, 0.2) is 24.3 Å². The molecule has 1 amide bonds. The standard InChI is InChI=1S/C15H20N2O3S/c1-2-3-10-21(19,20)11-6-9-15(18)17-14-8-5-4-7-13(14)12-16/h4-5,7-8H,2-3,6,9-11H2,1H3,(H,17,18). The van der Waals surface area contributed by atoms with Gasteiger partial charge in [0.05, 0.1) is 22.8 Å². The van der Waals surface area contributed by atoms with Gasteiger partial charge in [0.15, 0.2) is 0 Å². The van der Waals surface area contributed by atoms with Crippen molar-refractivity contribution in [3.05, 3.63) is 29.8 Å². The van der Waals surface area contributed by atoms with Crippen LogP contribution in [0.3, 0.4) is 0 Å². The molecule has 0 unspecified atom stereocenters. The summed E-state index contributed by atoms with van der Waals surface area (Å²) >= 11 is 0. The van der Waals surface area contributed by atoms with Crippen LogP contribution >= 0.6 is 0 Å². The third-order valence-corrected chi connectivity index (χ3v) is 4.81. The molecule has 0 aromatic heterocycles. The number of nitriles is 1. The van der Waals surface area contributed by atoms with Crippen LogP contribution in [0.4, 0.5) is 5.69 Å². The summed E-state index contributed by atoms with van der Waals surface area (Å²) < 4.78 is 23.3. The van der Waals surface area contributed by atoms with Crippen LogP contribution in [0.2, 0.25) is 0 Å². The van der Waals surface area contributed by atoms with E-state index in [4.69, 9.17) is 5.26 Å². The van der Waals surface area contributed by atoms with Crippen LogP contribution < -0.4 is 5.32 Å². The molecule has 1 aromatic rings. The average Bonchev–Trinajstić information content (AvgIpc) is 2.45. The molecule has 0 bridgehead atoms. The monoisotopic (exact) mass is 308 g/mol. The lowest BCUT2D eigenvalue weighted by atomic mass is 10.2. The van der Waals surface area contributed by atoms with Crippen molar-refractivity contribution in [2.75, 3.05) is 16.8 Å². The molecule has 1 rings (SSSR count). The zero-order chi connectivity index (χ0) is 15.7. The van der Waals surface area contributed by atoms with E-state index in [0.29, 0.717) is 24.1 Å². The van der Waals surface area contributed by atoms with Gasteiger partial charge in [0.1, 0.15) is 15.9 Å². The number of para-hydroxylation sites is 1. The predicted octanol–water partition coefficient (Wildman–Crippen LogP) is 2.49. The Balaban J connectivity index is 2.43. The zero-order valence-corrected chi connectivity index (χ0v) is 12.9. The molecule has 6 heteroatoms. The van der Waals surface area contributed by atoms with E-state index in [9.17, 15) is 13.2 Å². The highest BCUT2D eigenvalue weighted by Crippen LogP contribution is 2.14. The summed E-state index contributed by atoms with van der Waals surface area (Å²) in [6.45, 7) is 1.94. The molecule has 21 heavy (non-hydrogen) atoms. The van der Waals surface area contributed by atoms with Gasteiger partial charge in [-0.25, -0.2) is 8.42 Å². The van der Waals surface area contributed by atoms with Crippen LogP contribution in [0.1, 0.15) is 38.2 Å². The van der Waals surface area contributed by atoms with Crippen LogP contribution in [-0.2, 0) is 14.6 Å². The van der Waals surface area contributed by atoms with Gasteiger partial charge in [-0.3, -0.25) is 4.79 Å². The van der Waals surface area contributed by atoms with E-state index in [1.54, 1.807) is 24.3 Å². The van der Waals surface area contributed by atoms with E-state index >= 15 is 0 Å². The number of carbonyl (C=O) groups excluding carboxylic acids is 1. The summed E-state index contributed by atoms with van der Waals surface area (Å²) in [4.78, 5) is 11.8. The number of sulfone groups is 1. The third kappa shape index (κ3) is 6.41. The van der Waals surface area contributed by atoms with Gasteiger partial charge in [-0.05, 0) is 25.0 Å². The maximum Gasteiger partial charge on any atom is 0.224 e. The molecular formula is C15H20N2O3S.